The van der Waals surface area contributed by atoms with Gasteiger partial charge in [-0.2, -0.15) is 17.7 Å². The van der Waals surface area contributed by atoms with E-state index in [9.17, 15) is 13.2 Å². The molecule has 1 atom stereocenters. The van der Waals surface area contributed by atoms with Gasteiger partial charge in [-0.15, -0.1) is 15.3 Å². The van der Waals surface area contributed by atoms with Gasteiger partial charge in [-0.1, -0.05) is 30.3 Å². The number of rotatable bonds is 3. The van der Waals surface area contributed by atoms with E-state index in [-0.39, 0.29) is 5.65 Å². The molecule has 1 fully saturated rings. The Morgan fingerprint density at radius 3 is 2.54 bits per heavy atom. The van der Waals surface area contributed by atoms with Crippen LogP contribution in [0.5, 0.6) is 0 Å². The SMILES string of the molecule is CC1CCN(c2ccc3nnc(C(F)(F)F)n3n2)CCN1Cc1ccccc1. The minimum Gasteiger partial charge on any atom is -0.354 e. The Bertz CT molecular complexity index is 940. The minimum absolute atomic E-state index is 0.0879. The number of hydrogen-bond donors (Lipinski definition) is 0. The van der Waals surface area contributed by atoms with Gasteiger partial charge < -0.3 is 4.90 Å². The summed E-state index contributed by atoms with van der Waals surface area (Å²) in [5.74, 6) is -0.593. The number of fused-ring (bicyclic) bond motifs is 1. The summed E-state index contributed by atoms with van der Waals surface area (Å²) in [4.78, 5) is 4.43. The molecule has 3 heterocycles. The zero-order valence-corrected chi connectivity index (χ0v) is 15.5. The smallest absolute Gasteiger partial charge is 0.354 e. The summed E-state index contributed by atoms with van der Waals surface area (Å²) in [5, 5.41) is 11.0. The lowest BCUT2D eigenvalue weighted by atomic mass is 10.1. The Hall–Kier alpha value is -2.68. The molecule has 1 aliphatic heterocycles. The van der Waals surface area contributed by atoms with Gasteiger partial charge in [0.05, 0.1) is 0 Å². The first-order chi connectivity index (χ1) is 13.4. The summed E-state index contributed by atoms with van der Waals surface area (Å²) in [5.41, 5.74) is 1.34. The summed E-state index contributed by atoms with van der Waals surface area (Å²) in [6.45, 7) is 5.27. The lowest BCUT2D eigenvalue weighted by Gasteiger charge is -2.26. The van der Waals surface area contributed by atoms with Gasteiger partial charge in [-0.3, -0.25) is 4.90 Å². The predicted molar refractivity (Wildman–Crippen MR) is 98.9 cm³/mol. The summed E-state index contributed by atoms with van der Waals surface area (Å²) >= 11 is 0. The van der Waals surface area contributed by atoms with Crippen LogP contribution in [0.25, 0.3) is 5.65 Å². The van der Waals surface area contributed by atoms with E-state index < -0.39 is 12.0 Å². The van der Waals surface area contributed by atoms with E-state index >= 15 is 0 Å². The van der Waals surface area contributed by atoms with Crippen molar-refractivity contribution in [3.8, 4) is 0 Å². The normalized spacial score (nSPS) is 19.1. The van der Waals surface area contributed by atoms with Crippen LogP contribution in [0.4, 0.5) is 19.0 Å². The van der Waals surface area contributed by atoms with E-state index in [0.29, 0.717) is 18.4 Å². The van der Waals surface area contributed by atoms with Gasteiger partial charge in [-0.05, 0) is 31.0 Å². The van der Waals surface area contributed by atoms with Gasteiger partial charge in [0.15, 0.2) is 5.65 Å². The van der Waals surface area contributed by atoms with Gasteiger partial charge in [0, 0.05) is 32.2 Å². The third kappa shape index (κ3) is 3.80. The lowest BCUT2D eigenvalue weighted by Crippen LogP contribution is -2.34. The fourth-order valence-corrected chi connectivity index (χ4v) is 3.51. The van der Waals surface area contributed by atoms with Crippen LogP contribution >= 0.6 is 0 Å². The molecular weight excluding hydrogens is 369 g/mol. The molecule has 0 bridgehead atoms. The van der Waals surface area contributed by atoms with Crippen LogP contribution in [0.15, 0.2) is 42.5 Å². The molecule has 0 saturated carbocycles. The van der Waals surface area contributed by atoms with Crippen molar-refractivity contribution in [2.45, 2.75) is 32.1 Å². The van der Waals surface area contributed by atoms with E-state index in [1.807, 2.05) is 23.1 Å². The molecule has 2 aromatic heterocycles. The molecule has 28 heavy (non-hydrogen) atoms. The molecule has 3 aromatic rings. The van der Waals surface area contributed by atoms with E-state index in [4.69, 9.17) is 0 Å². The molecule has 0 aliphatic carbocycles. The van der Waals surface area contributed by atoms with Gasteiger partial charge >= 0.3 is 6.18 Å². The van der Waals surface area contributed by atoms with Gasteiger partial charge in [0.25, 0.3) is 5.82 Å². The number of hydrogen-bond acceptors (Lipinski definition) is 5. The van der Waals surface area contributed by atoms with Crippen molar-refractivity contribution < 1.29 is 13.2 Å². The van der Waals surface area contributed by atoms with Crippen LogP contribution in [-0.4, -0.2) is 50.4 Å². The maximum atomic E-state index is 13.1. The highest BCUT2D eigenvalue weighted by Gasteiger charge is 2.37. The topological polar surface area (TPSA) is 49.6 Å². The first-order valence-corrected chi connectivity index (χ1v) is 9.24. The molecule has 1 aliphatic rings. The van der Waals surface area contributed by atoms with Gasteiger partial charge in [0.1, 0.15) is 5.82 Å². The van der Waals surface area contributed by atoms with Crippen LogP contribution in [0.2, 0.25) is 0 Å². The minimum atomic E-state index is -4.59. The molecule has 1 saturated heterocycles. The number of halogens is 3. The maximum Gasteiger partial charge on any atom is 0.453 e. The standard InChI is InChI=1S/C19H21F3N6/c1-14-9-10-26(11-12-27(14)13-15-5-3-2-4-6-15)17-8-7-16-23-24-18(19(20,21)22)28(16)25-17/h2-8,14H,9-13H2,1H3. The largest absolute Gasteiger partial charge is 0.453 e. The second-order valence-electron chi connectivity index (χ2n) is 7.06. The molecule has 1 unspecified atom stereocenters. The van der Waals surface area contributed by atoms with Crippen molar-refractivity contribution in [3.63, 3.8) is 0 Å². The zero-order chi connectivity index (χ0) is 19.7. The van der Waals surface area contributed by atoms with Crippen molar-refractivity contribution in [3.05, 3.63) is 53.9 Å². The average molecular weight is 390 g/mol. The quantitative estimate of drug-likeness (QED) is 0.687. The van der Waals surface area contributed by atoms with Crippen molar-refractivity contribution in [1.82, 2.24) is 24.7 Å². The van der Waals surface area contributed by atoms with Crippen LogP contribution in [0.1, 0.15) is 24.7 Å². The molecule has 0 radical (unpaired) electrons. The molecule has 0 amide bonds. The zero-order valence-electron chi connectivity index (χ0n) is 15.5. The highest BCUT2D eigenvalue weighted by atomic mass is 19.4. The number of nitrogens with zero attached hydrogens (tertiary/aromatic N) is 6. The van der Waals surface area contributed by atoms with Crippen molar-refractivity contribution in [1.29, 1.82) is 0 Å². The Balaban J connectivity index is 1.54. The first kappa shape index (κ1) is 18.7. The molecule has 4 rings (SSSR count). The van der Waals surface area contributed by atoms with E-state index in [2.05, 4.69) is 39.3 Å². The second kappa shape index (κ2) is 7.38. The lowest BCUT2D eigenvalue weighted by molar-refractivity contribution is -0.146. The maximum absolute atomic E-state index is 13.1. The van der Waals surface area contributed by atoms with Crippen LogP contribution in [0, 0.1) is 0 Å². The first-order valence-electron chi connectivity index (χ1n) is 9.24. The van der Waals surface area contributed by atoms with Gasteiger partial charge in [-0.25, -0.2) is 0 Å². The Labute approximate surface area is 160 Å². The molecule has 1 aromatic carbocycles. The number of benzene rings is 1. The van der Waals surface area contributed by atoms with Crippen LogP contribution in [0.3, 0.4) is 0 Å². The Morgan fingerprint density at radius 2 is 1.79 bits per heavy atom. The Morgan fingerprint density at radius 1 is 1.00 bits per heavy atom. The van der Waals surface area contributed by atoms with E-state index in [1.165, 1.54) is 11.6 Å². The highest BCUT2D eigenvalue weighted by molar-refractivity contribution is 5.46. The predicted octanol–water partition coefficient (Wildman–Crippen LogP) is 3.24. The second-order valence-corrected chi connectivity index (χ2v) is 7.06. The number of anilines is 1. The third-order valence-corrected chi connectivity index (χ3v) is 5.15. The Kier molecular flexibility index (Phi) is 4.92. The van der Waals surface area contributed by atoms with Crippen molar-refractivity contribution >= 4 is 11.5 Å². The summed E-state index contributed by atoms with van der Waals surface area (Å²) in [6, 6.07) is 13.9. The third-order valence-electron chi connectivity index (χ3n) is 5.15. The fraction of sp³-hybridized carbons (Fsp3) is 0.421. The van der Waals surface area contributed by atoms with E-state index in [0.717, 1.165) is 30.6 Å². The number of alkyl halides is 3. The average Bonchev–Trinajstić information content (AvgIpc) is 3.03. The summed E-state index contributed by atoms with van der Waals surface area (Å²) in [7, 11) is 0. The van der Waals surface area contributed by atoms with E-state index in [1.54, 1.807) is 6.07 Å². The molecule has 0 spiro atoms. The summed E-state index contributed by atoms with van der Waals surface area (Å²) < 4.78 is 40.1. The molecule has 0 N–H and O–H groups in total. The molecule has 9 heteroatoms. The fourth-order valence-electron chi connectivity index (χ4n) is 3.51. The van der Waals surface area contributed by atoms with Gasteiger partial charge in [0.2, 0.25) is 0 Å². The molecular formula is C19H21F3N6. The van der Waals surface area contributed by atoms with Crippen molar-refractivity contribution in [2.24, 2.45) is 0 Å². The molecule has 148 valence electrons. The van der Waals surface area contributed by atoms with Crippen LogP contribution < -0.4 is 4.90 Å². The molecule has 6 nitrogen and oxygen atoms in total. The van der Waals surface area contributed by atoms with Crippen LogP contribution in [-0.2, 0) is 12.7 Å². The monoisotopic (exact) mass is 390 g/mol. The number of aromatic nitrogens is 4. The van der Waals surface area contributed by atoms with Crippen molar-refractivity contribution in [2.75, 3.05) is 24.5 Å². The highest BCUT2D eigenvalue weighted by Crippen LogP contribution is 2.28. The summed E-state index contributed by atoms with van der Waals surface area (Å²) in [6.07, 6.45) is -3.69.